The first-order chi connectivity index (χ1) is 43.3. The van der Waals surface area contributed by atoms with Gasteiger partial charge in [-0.15, -0.1) is 0 Å². The van der Waals surface area contributed by atoms with Crippen molar-refractivity contribution in [2.45, 2.75) is 75.7 Å². The zero-order valence-corrected chi connectivity index (χ0v) is 51.1. The second kappa shape index (κ2) is 27.8. The molecule has 0 radical (unpaired) electrons. The number of benzene rings is 4. The van der Waals surface area contributed by atoms with Gasteiger partial charge in [0.15, 0.2) is 23.0 Å². The van der Waals surface area contributed by atoms with E-state index in [0.717, 1.165) is 72.8 Å². The number of piperidine rings is 1. The van der Waals surface area contributed by atoms with Gasteiger partial charge < -0.3 is 72.2 Å². The van der Waals surface area contributed by atoms with Crippen LogP contribution in [0.4, 0.5) is 0 Å². The summed E-state index contributed by atoms with van der Waals surface area (Å²) >= 11 is 0. The van der Waals surface area contributed by atoms with Crippen LogP contribution >= 0.6 is 0 Å². The van der Waals surface area contributed by atoms with Gasteiger partial charge in [0.05, 0.1) is 77.7 Å². The molecule has 24 heteroatoms. The number of aliphatic hydroxyl groups excluding tert-OH is 2. The van der Waals surface area contributed by atoms with Crippen LogP contribution in [0.3, 0.4) is 0 Å². The molecule has 2 fully saturated rings. The molecule has 6 aromatic heterocycles. The molecule has 0 atom stereocenters. The van der Waals surface area contributed by atoms with Crippen molar-refractivity contribution < 1.29 is 62.0 Å². The lowest BCUT2D eigenvalue weighted by Crippen LogP contribution is -2.49. The number of ether oxygens (including phenoxy) is 7. The number of β-amino-alcohol motifs (C(OH)–C–C–N with tert-alkyl or cyclic N) is 2. The lowest BCUT2D eigenvalue weighted by molar-refractivity contribution is -0.120. The minimum absolute atomic E-state index is 0. The summed E-state index contributed by atoms with van der Waals surface area (Å²) in [6.45, 7) is 19.9. The maximum absolute atomic E-state index is 13.7. The molecule has 4 N–H and O–H groups in total. The largest absolute Gasteiger partial charge is 0.496 e. The number of aromatic amines is 2. The molecule has 0 spiro atoms. The number of H-pyrrole nitrogens is 2. The van der Waals surface area contributed by atoms with Crippen LogP contribution < -0.4 is 33.2 Å². The Morgan fingerprint density at radius 1 is 0.560 bits per heavy atom. The summed E-state index contributed by atoms with van der Waals surface area (Å²) in [6.07, 6.45) is 4.02. The van der Waals surface area contributed by atoms with Crippen molar-refractivity contribution >= 4 is 56.3 Å². The average molecular weight is 1250 g/mol. The third-order valence-electron chi connectivity index (χ3n) is 16.6. The highest BCUT2D eigenvalue weighted by Crippen LogP contribution is 2.50. The number of amides is 1. The monoisotopic (exact) mass is 1250 g/mol. The van der Waals surface area contributed by atoms with Crippen LogP contribution in [-0.2, 0) is 4.79 Å². The van der Waals surface area contributed by atoms with Crippen molar-refractivity contribution in [3.05, 3.63) is 88.7 Å². The number of methoxy groups -OCH3 is 2. The quantitative estimate of drug-likeness (QED) is 0.0781. The number of nitrogens with one attached hydrogen (secondary N) is 2. The van der Waals surface area contributed by atoms with Gasteiger partial charge >= 0.3 is 0 Å². The number of nitrogens with zero attached hydrogens (tertiary/aromatic N) is 9. The van der Waals surface area contributed by atoms with Crippen molar-refractivity contribution in [2.75, 3.05) is 106 Å². The molecular formula is C67H79N11O13. The topological polar surface area (TPSA) is 284 Å². The van der Waals surface area contributed by atoms with Crippen LogP contribution in [-0.4, -0.2) is 184 Å². The highest BCUT2D eigenvalue weighted by atomic mass is 16.6. The van der Waals surface area contributed by atoms with E-state index in [2.05, 4.69) is 35.1 Å². The number of carbonyl (C=O) groups is 2. The molecule has 14 rings (SSSR count). The van der Waals surface area contributed by atoms with Crippen LogP contribution in [0.2, 0.25) is 0 Å². The number of likely N-dealkylation sites (tertiary alicyclic amines) is 1. The van der Waals surface area contributed by atoms with E-state index in [0.29, 0.717) is 169 Å². The Labute approximate surface area is 526 Å². The smallest absolute Gasteiger partial charge is 0.298 e. The Bertz CT molecular complexity index is 4250. The van der Waals surface area contributed by atoms with E-state index in [1.807, 2.05) is 82.8 Å². The fraction of sp³-hybridized carbons (Fsp3) is 0.403. The van der Waals surface area contributed by atoms with Gasteiger partial charge in [0.25, 0.3) is 12.4 Å². The van der Waals surface area contributed by atoms with Gasteiger partial charge in [-0.2, -0.15) is 0 Å². The molecule has 24 nitrogen and oxygen atoms in total. The molecule has 4 aromatic carbocycles. The molecule has 91 heavy (non-hydrogen) atoms. The van der Waals surface area contributed by atoms with Gasteiger partial charge in [-0.25, -0.2) is 19.9 Å². The number of piperazine rings is 1. The zero-order valence-electron chi connectivity index (χ0n) is 51.1. The lowest BCUT2D eigenvalue weighted by Gasteiger charge is -2.35. The second-order valence-corrected chi connectivity index (χ2v) is 22.2. The molecule has 10 aromatic rings. The molecule has 10 heterocycles. The number of rotatable bonds is 13. The Balaban J connectivity index is 0.000000174. The van der Waals surface area contributed by atoms with Gasteiger partial charge in [-0.05, 0) is 116 Å². The number of aromatic nitrogens is 8. The Morgan fingerprint density at radius 3 is 1.48 bits per heavy atom. The van der Waals surface area contributed by atoms with Crippen LogP contribution in [0.25, 0.3) is 88.6 Å². The van der Waals surface area contributed by atoms with E-state index >= 15 is 0 Å². The van der Waals surface area contributed by atoms with Crippen LogP contribution in [0.5, 0.6) is 40.2 Å². The SMILES string of the molecule is C.C.COc1cc2c(cc1-c1c(C)noc1C)[nH]c1nc(C)nc(-c3ccc(C(=O)N4CCN(CCO)CC4)c4c3OCCO4)c12.COc1cc2c(cc1-c1c(C)noc1C)[nH]c1nc(C)nc(-c3ccc(OC=O)c4c3OCCO4)c12.OCCN1CCCCC1. The van der Waals surface area contributed by atoms with Gasteiger partial charge in [0, 0.05) is 83.3 Å². The first-order valence-corrected chi connectivity index (χ1v) is 29.9. The minimum Gasteiger partial charge on any atom is -0.496 e. The summed E-state index contributed by atoms with van der Waals surface area (Å²) in [5, 5.41) is 29.5. The normalized spacial score (nSPS) is 14.7. The average Bonchev–Trinajstić information content (AvgIpc) is 1.65. The van der Waals surface area contributed by atoms with Crippen LogP contribution in [0.15, 0.2) is 57.6 Å². The van der Waals surface area contributed by atoms with Crippen molar-refractivity contribution in [1.82, 2.24) is 54.9 Å². The number of aryl methyl sites for hydroxylation is 6. The van der Waals surface area contributed by atoms with E-state index in [1.165, 1.54) is 32.4 Å². The predicted octanol–water partition coefficient (Wildman–Crippen LogP) is 10.3. The third kappa shape index (κ3) is 12.5. The zero-order chi connectivity index (χ0) is 62.0. The molecule has 2 saturated heterocycles. The number of aliphatic hydroxyl groups is 2. The molecule has 0 bridgehead atoms. The van der Waals surface area contributed by atoms with Gasteiger partial charge in [-0.1, -0.05) is 31.6 Å². The number of fused-ring (bicyclic) bond motifs is 8. The van der Waals surface area contributed by atoms with Gasteiger partial charge in [-0.3, -0.25) is 14.5 Å². The Hall–Kier alpha value is -9.36. The van der Waals surface area contributed by atoms with Crippen molar-refractivity contribution in [2.24, 2.45) is 0 Å². The lowest BCUT2D eigenvalue weighted by atomic mass is 9.98. The van der Waals surface area contributed by atoms with Gasteiger partial charge in [0.2, 0.25) is 5.75 Å². The molecule has 4 aliphatic heterocycles. The van der Waals surface area contributed by atoms with E-state index in [4.69, 9.17) is 62.3 Å². The molecule has 0 aliphatic carbocycles. The third-order valence-corrected chi connectivity index (χ3v) is 16.6. The summed E-state index contributed by atoms with van der Waals surface area (Å²) in [4.78, 5) is 57.0. The number of carbonyl (C=O) groups excluding carboxylic acids is 2. The molecule has 1 amide bonds. The fourth-order valence-electron chi connectivity index (χ4n) is 12.5. The molecule has 480 valence electrons. The molecular weight excluding hydrogens is 1170 g/mol. The van der Waals surface area contributed by atoms with E-state index in [-0.39, 0.29) is 33.1 Å². The predicted molar refractivity (Wildman–Crippen MR) is 345 cm³/mol. The first-order valence-electron chi connectivity index (χ1n) is 29.9. The molecule has 4 aliphatic rings. The van der Waals surface area contributed by atoms with E-state index < -0.39 is 0 Å². The number of hydrogen-bond donors (Lipinski definition) is 4. The minimum atomic E-state index is -0.102. The fourth-order valence-corrected chi connectivity index (χ4v) is 12.5. The number of hydrogen-bond acceptors (Lipinski definition) is 21. The molecule has 0 unspecified atom stereocenters. The van der Waals surface area contributed by atoms with Crippen molar-refractivity contribution in [3.63, 3.8) is 0 Å². The van der Waals surface area contributed by atoms with Crippen molar-refractivity contribution in [1.29, 1.82) is 0 Å². The summed E-state index contributed by atoms with van der Waals surface area (Å²) in [6, 6.07) is 15.2. The van der Waals surface area contributed by atoms with Crippen LogP contribution in [0.1, 0.15) is 79.0 Å². The van der Waals surface area contributed by atoms with E-state index in [1.54, 1.807) is 26.4 Å². The summed E-state index contributed by atoms with van der Waals surface area (Å²) in [5.41, 5.74) is 11.3. The van der Waals surface area contributed by atoms with Crippen LogP contribution in [0, 0.1) is 41.5 Å². The first kappa shape index (κ1) is 64.6. The maximum Gasteiger partial charge on any atom is 0.298 e. The Morgan fingerprint density at radius 2 is 1.02 bits per heavy atom. The second-order valence-electron chi connectivity index (χ2n) is 22.2. The standard InChI is InChI=1S/C32H34N6O6.C26H22N4O6.C7H15NO.2CH4/c1-17-26(18(2)44-36-17)23-15-24-22(16-25(23)41-4)27-28(33-19(3)34-31(27)35-24)20-5-6-21(30-29(20)42-13-14-43-30)32(40)38-9-7-37(8-10-38)11-12-39;1-12-21(13(2)36-30-12)17-9-18-16(10-20(17)32-4)22-23(27-14(3)28-26(22)29-18)15-5-6-19(35-11-31)25-24(15)33-7-8-34-25;9-7-6-8-4-2-1-3-5-8;;/h5-6,15-16,39H,7-14H2,1-4H3,(H,33,34,35);5-6,9-11H,7-8H2,1-4H3,(H,27,28,29);9H,1-7H2;2*1H4. The van der Waals surface area contributed by atoms with Gasteiger partial charge in [0.1, 0.15) is 72.4 Å². The summed E-state index contributed by atoms with van der Waals surface area (Å²) in [7, 11) is 3.27. The van der Waals surface area contributed by atoms with Crippen molar-refractivity contribution in [3.8, 4) is 85.0 Å². The Kier molecular flexibility index (Phi) is 19.7. The summed E-state index contributed by atoms with van der Waals surface area (Å²) in [5.74, 6) is 5.86. The summed E-state index contributed by atoms with van der Waals surface area (Å²) < 4.78 is 51.7. The highest BCUT2D eigenvalue weighted by molar-refractivity contribution is 6.16. The highest BCUT2D eigenvalue weighted by Gasteiger charge is 2.32. The van der Waals surface area contributed by atoms with E-state index in [9.17, 15) is 14.7 Å². The maximum atomic E-state index is 13.7. The molecule has 0 saturated carbocycles.